The summed E-state index contributed by atoms with van der Waals surface area (Å²) in [6.45, 7) is 2.07. The first-order valence-electron chi connectivity index (χ1n) is 3.85. The predicted molar refractivity (Wildman–Crippen MR) is 61.9 cm³/mol. The van der Waals surface area contributed by atoms with Crippen LogP contribution in [0.1, 0.15) is 5.69 Å². The van der Waals surface area contributed by atoms with Gasteiger partial charge >= 0.3 is 0 Å². The summed E-state index contributed by atoms with van der Waals surface area (Å²) >= 11 is 5.27. The van der Waals surface area contributed by atoms with Crippen LogP contribution >= 0.6 is 34.4 Å². The van der Waals surface area contributed by atoms with E-state index in [0.717, 1.165) is 10.7 Å². The molecule has 0 aliphatic rings. The zero-order chi connectivity index (χ0) is 9.26. The summed E-state index contributed by atoms with van der Waals surface area (Å²) in [6.07, 6.45) is 2.10. The third kappa shape index (κ3) is 1.80. The van der Waals surface area contributed by atoms with Crippen molar-refractivity contribution in [2.24, 2.45) is 0 Å². The average Bonchev–Trinajstić information content (AvgIpc) is 2.71. The van der Waals surface area contributed by atoms with E-state index in [1.807, 2.05) is 0 Å². The van der Waals surface area contributed by atoms with E-state index in [1.165, 1.54) is 9.77 Å². The highest BCUT2D eigenvalue weighted by Gasteiger charge is 2.07. The zero-order valence-corrected chi connectivity index (χ0v) is 9.85. The van der Waals surface area contributed by atoms with Crippen molar-refractivity contribution in [2.45, 2.75) is 11.1 Å². The fourth-order valence-electron chi connectivity index (χ4n) is 1.08. The summed E-state index contributed by atoms with van der Waals surface area (Å²) in [4.78, 5) is 4.53. The van der Waals surface area contributed by atoms with Crippen molar-refractivity contribution in [3.8, 4) is 10.6 Å². The van der Waals surface area contributed by atoms with Gasteiger partial charge in [0.2, 0.25) is 0 Å². The zero-order valence-electron chi connectivity index (χ0n) is 7.40. The molecular weight excluding hydrogens is 218 g/mol. The number of rotatable bonds is 2. The number of thioether (sulfide) groups is 1. The SMILES string of the molecule is CSc1sc(-c2ccsc2)nc1C. The summed E-state index contributed by atoms with van der Waals surface area (Å²) in [5.41, 5.74) is 2.40. The predicted octanol–water partition coefficient (Wildman–Crippen LogP) is 3.90. The van der Waals surface area contributed by atoms with Crippen molar-refractivity contribution in [2.75, 3.05) is 6.26 Å². The normalized spacial score (nSPS) is 10.6. The van der Waals surface area contributed by atoms with E-state index >= 15 is 0 Å². The molecule has 0 unspecified atom stereocenters. The molecular formula is C9H9NS3. The highest BCUT2D eigenvalue weighted by molar-refractivity contribution is 8.00. The molecule has 0 aromatic carbocycles. The van der Waals surface area contributed by atoms with Gasteiger partial charge < -0.3 is 0 Å². The monoisotopic (exact) mass is 227 g/mol. The van der Waals surface area contributed by atoms with Crippen LogP contribution < -0.4 is 0 Å². The van der Waals surface area contributed by atoms with E-state index in [-0.39, 0.29) is 0 Å². The van der Waals surface area contributed by atoms with Crippen LogP contribution in [0.2, 0.25) is 0 Å². The largest absolute Gasteiger partial charge is 0.240 e. The van der Waals surface area contributed by atoms with Gasteiger partial charge in [-0.25, -0.2) is 4.98 Å². The third-order valence-electron chi connectivity index (χ3n) is 1.71. The van der Waals surface area contributed by atoms with Gasteiger partial charge in [0.15, 0.2) is 0 Å². The molecule has 0 saturated carbocycles. The lowest BCUT2D eigenvalue weighted by molar-refractivity contribution is 1.21. The lowest BCUT2D eigenvalue weighted by atomic mass is 10.4. The number of hydrogen-bond donors (Lipinski definition) is 0. The number of aryl methyl sites for hydroxylation is 1. The van der Waals surface area contributed by atoms with Crippen molar-refractivity contribution in [3.05, 3.63) is 22.5 Å². The molecule has 2 aromatic heterocycles. The minimum atomic E-state index is 1.14. The summed E-state index contributed by atoms with van der Waals surface area (Å²) in [5.74, 6) is 0. The Hall–Kier alpha value is -0.320. The quantitative estimate of drug-likeness (QED) is 0.722. The van der Waals surface area contributed by atoms with Crippen LogP contribution in [-0.2, 0) is 0 Å². The Morgan fingerprint density at radius 1 is 1.46 bits per heavy atom. The molecule has 0 spiro atoms. The highest BCUT2D eigenvalue weighted by Crippen LogP contribution is 2.33. The van der Waals surface area contributed by atoms with Crippen LogP contribution in [0, 0.1) is 6.92 Å². The summed E-state index contributed by atoms with van der Waals surface area (Å²) in [5, 5.41) is 5.37. The molecule has 2 aromatic rings. The third-order valence-corrected chi connectivity index (χ3v) is 4.81. The Kier molecular flexibility index (Phi) is 2.71. The lowest BCUT2D eigenvalue weighted by Gasteiger charge is -1.85. The Bertz CT molecular complexity index is 389. The molecule has 1 nitrogen and oxygen atoms in total. The molecule has 2 heterocycles. The van der Waals surface area contributed by atoms with Gasteiger partial charge in [0.1, 0.15) is 5.01 Å². The van der Waals surface area contributed by atoms with E-state index in [4.69, 9.17) is 0 Å². The van der Waals surface area contributed by atoms with Crippen molar-refractivity contribution in [3.63, 3.8) is 0 Å². The molecule has 0 aliphatic carbocycles. The van der Waals surface area contributed by atoms with Crippen molar-refractivity contribution in [1.82, 2.24) is 4.98 Å². The van der Waals surface area contributed by atoms with Crippen LogP contribution in [0.15, 0.2) is 21.0 Å². The fourth-order valence-corrected chi connectivity index (χ4v) is 3.50. The molecule has 0 amide bonds. The molecule has 0 bridgehead atoms. The van der Waals surface area contributed by atoms with Gasteiger partial charge in [-0.1, -0.05) is 0 Å². The van der Waals surface area contributed by atoms with Gasteiger partial charge in [0.05, 0.1) is 9.90 Å². The number of thiazole rings is 1. The van der Waals surface area contributed by atoms with E-state index in [9.17, 15) is 0 Å². The van der Waals surface area contributed by atoms with Crippen LogP contribution in [0.5, 0.6) is 0 Å². The van der Waals surface area contributed by atoms with Crippen LogP contribution in [0.4, 0.5) is 0 Å². The van der Waals surface area contributed by atoms with E-state index in [1.54, 1.807) is 34.4 Å². The van der Waals surface area contributed by atoms with Gasteiger partial charge in [-0.3, -0.25) is 0 Å². The maximum atomic E-state index is 4.53. The van der Waals surface area contributed by atoms with Gasteiger partial charge in [-0.15, -0.1) is 23.1 Å². The first kappa shape index (κ1) is 9.24. The second-order valence-electron chi connectivity index (χ2n) is 2.61. The first-order valence-corrected chi connectivity index (χ1v) is 6.83. The molecule has 0 radical (unpaired) electrons. The maximum absolute atomic E-state index is 4.53. The van der Waals surface area contributed by atoms with Gasteiger partial charge in [0.25, 0.3) is 0 Å². The molecule has 2 rings (SSSR count). The minimum absolute atomic E-state index is 1.14. The Morgan fingerprint density at radius 2 is 2.31 bits per heavy atom. The maximum Gasteiger partial charge on any atom is 0.125 e. The first-order chi connectivity index (χ1) is 6.31. The molecule has 0 N–H and O–H groups in total. The topological polar surface area (TPSA) is 12.9 Å². The minimum Gasteiger partial charge on any atom is -0.240 e. The summed E-state index contributed by atoms with van der Waals surface area (Å²) < 4.78 is 1.32. The van der Waals surface area contributed by atoms with E-state index < -0.39 is 0 Å². The van der Waals surface area contributed by atoms with Crippen LogP contribution in [-0.4, -0.2) is 11.2 Å². The average molecular weight is 227 g/mol. The molecule has 0 aliphatic heterocycles. The van der Waals surface area contributed by atoms with Gasteiger partial charge in [-0.2, -0.15) is 11.3 Å². The van der Waals surface area contributed by atoms with E-state index in [0.29, 0.717) is 0 Å². The Labute approximate surface area is 89.8 Å². The van der Waals surface area contributed by atoms with Crippen molar-refractivity contribution >= 4 is 34.4 Å². The standard InChI is InChI=1S/C9H9NS3/c1-6-9(11-2)13-8(10-6)7-3-4-12-5-7/h3-5H,1-2H3. The Balaban J connectivity index is 2.43. The molecule has 0 saturated heterocycles. The molecule has 68 valence electrons. The van der Waals surface area contributed by atoms with E-state index in [2.05, 4.69) is 35.0 Å². The number of nitrogens with zero attached hydrogens (tertiary/aromatic N) is 1. The molecule has 0 atom stereocenters. The molecule has 4 heteroatoms. The van der Waals surface area contributed by atoms with Crippen molar-refractivity contribution < 1.29 is 0 Å². The lowest BCUT2D eigenvalue weighted by Crippen LogP contribution is -1.73. The second kappa shape index (κ2) is 3.82. The number of hydrogen-bond acceptors (Lipinski definition) is 4. The smallest absolute Gasteiger partial charge is 0.125 e. The van der Waals surface area contributed by atoms with Gasteiger partial charge in [0, 0.05) is 10.9 Å². The second-order valence-corrected chi connectivity index (χ2v) is 5.46. The summed E-state index contributed by atoms with van der Waals surface area (Å²) in [6, 6.07) is 2.12. The summed E-state index contributed by atoms with van der Waals surface area (Å²) in [7, 11) is 0. The highest BCUT2D eigenvalue weighted by atomic mass is 32.2. The molecule has 13 heavy (non-hydrogen) atoms. The Morgan fingerprint density at radius 3 is 2.85 bits per heavy atom. The fraction of sp³-hybridized carbons (Fsp3) is 0.222. The molecule has 0 fully saturated rings. The van der Waals surface area contributed by atoms with Crippen LogP contribution in [0.25, 0.3) is 10.6 Å². The van der Waals surface area contributed by atoms with Gasteiger partial charge in [-0.05, 0) is 24.6 Å². The van der Waals surface area contributed by atoms with Crippen molar-refractivity contribution in [1.29, 1.82) is 0 Å². The van der Waals surface area contributed by atoms with Crippen LogP contribution in [0.3, 0.4) is 0 Å². The number of aromatic nitrogens is 1. The number of thiophene rings is 1.